The zero-order valence-electron chi connectivity index (χ0n) is 24.9. The lowest BCUT2D eigenvalue weighted by atomic mass is 10.1. The van der Waals surface area contributed by atoms with Crippen molar-refractivity contribution >= 4 is 25.1 Å². The summed E-state index contributed by atoms with van der Waals surface area (Å²) in [7, 11) is -1.87. The van der Waals surface area contributed by atoms with Crippen LogP contribution < -0.4 is 10.1 Å². The van der Waals surface area contributed by atoms with Crippen LogP contribution in [0.4, 0.5) is 13.2 Å². The first-order valence-electron chi connectivity index (χ1n) is 13.7. The van der Waals surface area contributed by atoms with Crippen LogP contribution in [0, 0.1) is 6.92 Å². The van der Waals surface area contributed by atoms with Gasteiger partial charge in [0.2, 0.25) is 11.7 Å². The normalized spacial score (nSPS) is 13.4. The van der Waals surface area contributed by atoms with E-state index >= 15 is 0 Å². The number of benzene rings is 2. The smallest absolute Gasteiger partial charge is 0.425 e. The lowest BCUT2D eigenvalue weighted by molar-refractivity contribution is -0.189. The fraction of sp³-hybridized carbons (Fsp3) is 0.433. The Bertz CT molecular complexity index is 1560. The first-order chi connectivity index (χ1) is 19.6. The minimum atomic E-state index is -4.46. The monoisotopic (exact) mass is 602 g/mol. The maximum absolute atomic E-state index is 12.9. The molecule has 226 valence electrons. The number of nitrogens with zero attached hydrogens (tertiary/aromatic N) is 3. The van der Waals surface area contributed by atoms with Gasteiger partial charge in [0.1, 0.15) is 12.3 Å². The Labute approximate surface area is 244 Å². The summed E-state index contributed by atoms with van der Waals surface area (Å²) < 4.78 is 57.3. The molecule has 2 heterocycles. The third-order valence-electron chi connectivity index (χ3n) is 7.67. The molecule has 0 spiro atoms. The SMILES string of the molecule is Cc1cc(-c2nc(-c3cccc4c3ccn4CC(=O)NCCO[Si](C)(C)C(C)(C)C)no2)ccc1O[C@@H](C)C(F)(F)F. The first kappa shape index (κ1) is 31.3. The van der Waals surface area contributed by atoms with E-state index in [1.54, 1.807) is 19.1 Å². The molecule has 4 aromatic rings. The second-order valence-electron chi connectivity index (χ2n) is 11.8. The molecule has 1 amide bonds. The molecular formula is C30H37F3N4O4Si. The Morgan fingerprint density at radius 2 is 1.88 bits per heavy atom. The highest BCUT2D eigenvalue weighted by molar-refractivity contribution is 6.74. The van der Waals surface area contributed by atoms with Crippen molar-refractivity contribution in [2.45, 2.75) is 71.6 Å². The fourth-order valence-corrected chi connectivity index (χ4v) is 5.15. The maximum Gasteiger partial charge on any atom is 0.425 e. The van der Waals surface area contributed by atoms with Crippen LogP contribution in [0.5, 0.6) is 5.75 Å². The van der Waals surface area contributed by atoms with Gasteiger partial charge in [-0.2, -0.15) is 18.2 Å². The van der Waals surface area contributed by atoms with Gasteiger partial charge in [0.25, 0.3) is 5.89 Å². The Balaban J connectivity index is 1.44. The Morgan fingerprint density at radius 3 is 2.55 bits per heavy atom. The number of aromatic nitrogens is 3. The van der Waals surface area contributed by atoms with Gasteiger partial charge in [0.15, 0.2) is 14.4 Å². The number of carbonyl (C=O) groups excluding carboxylic acids is 1. The molecule has 0 aliphatic heterocycles. The van der Waals surface area contributed by atoms with Crippen molar-refractivity contribution in [1.29, 1.82) is 0 Å². The van der Waals surface area contributed by atoms with E-state index in [0.717, 1.165) is 23.4 Å². The lowest BCUT2D eigenvalue weighted by Gasteiger charge is -2.36. The lowest BCUT2D eigenvalue weighted by Crippen LogP contribution is -2.43. The number of fused-ring (bicyclic) bond motifs is 1. The summed E-state index contributed by atoms with van der Waals surface area (Å²) in [6.07, 6.45) is -4.56. The minimum absolute atomic E-state index is 0.106. The Morgan fingerprint density at radius 1 is 1.14 bits per heavy atom. The summed E-state index contributed by atoms with van der Waals surface area (Å²) in [6, 6.07) is 12.2. The number of rotatable bonds is 10. The molecule has 2 aromatic carbocycles. The summed E-state index contributed by atoms with van der Waals surface area (Å²) in [5, 5.41) is 8.03. The van der Waals surface area contributed by atoms with Crippen LogP contribution in [0.2, 0.25) is 18.1 Å². The van der Waals surface area contributed by atoms with Gasteiger partial charge >= 0.3 is 6.18 Å². The Kier molecular flexibility index (Phi) is 8.88. The number of alkyl halides is 3. The molecule has 1 atom stereocenters. The van der Waals surface area contributed by atoms with E-state index in [2.05, 4.69) is 49.3 Å². The number of hydrogen-bond acceptors (Lipinski definition) is 6. The number of amides is 1. The quantitative estimate of drug-likeness (QED) is 0.153. The van der Waals surface area contributed by atoms with Crippen LogP contribution in [0.25, 0.3) is 33.7 Å². The van der Waals surface area contributed by atoms with Gasteiger partial charge in [-0.15, -0.1) is 0 Å². The van der Waals surface area contributed by atoms with Gasteiger partial charge in [-0.3, -0.25) is 4.79 Å². The van der Waals surface area contributed by atoms with Crippen molar-refractivity contribution < 1.29 is 31.7 Å². The second-order valence-corrected chi connectivity index (χ2v) is 16.7. The van der Waals surface area contributed by atoms with Gasteiger partial charge in [0, 0.05) is 34.8 Å². The molecular weight excluding hydrogens is 565 g/mol. The molecule has 8 nitrogen and oxygen atoms in total. The predicted molar refractivity (Wildman–Crippen MR) is 158 cm³/mol. The summed E-state index contributed by atoms with van der Waals surface area (Å²) >= 11 is 0. The molecule has 0 aliphatic carbocycles. The van der Waals surface area contributed by atoms with Gasteiger partial charge in [0.05, 0.1) is 6.61 Å². The second kappa shape index (κ2) is 11.9. The summed E-state index contributed by atoms with van der Waals surface area (Å²) in [6.45, 7) is 14.6. The van der Waals surface area contributed by atoms with Gasteiger partial charge in [-0.05, 0) is 67.9 Å². The molecule has 0 bridgehead atoms. The van der Waals surface area contributed by atoms with E-state index in [9.17, 15) is 18.0 Å². The van der Waals surface area contributed by atoms with E-state index < -0.39 is 20.6 Å². The molecule has 12 heteroatoms. The van der Waals surface area contributed by atoms with Crippen molar-refractivity contribution in [2.75, 3.05) is 13.2 Å². The van der Waals surface area contributed by atoms with Crippen LogP contribution in [-0.4, -0.2) is 54.4 Å². The molecule has 0 unspecified atom stereocenters. The number of ether oxygens (including phenoxy) is 1. The molecule has 42 heavy (non-hydrogen) atoms. The molecule has 0 aliphatic rings. The number of nitrogens with one attached hydrogen (secondary N) is 1. The summed E-state index contributed by atoms with van der Waals surface area (Å²) in [5.74, 6) is 0.580. The highest BCUT2D eigenvalue weighted by Gasteiger charge is 2.38. The molecule has 0 saturated carbocycles. The van der Waals surface area contributed by atoms with Crippen molar-refractivity contribution in [1.82, 2.24) is 20.0 Å². The van der Waals surface area contributed by atoms with Gasteiger partial charge in [-0.25, -0.2) is 0 Å². The van der Waals surface area contributed by atoms with E-state index in [-0.39, 0.29) is 29.1 Å². The van der Waals surface area contributed by atoms with Crippen molar-refractivity contribution in [2.24, 2.45) is 0 Å². The molecule has 0 radical (unpaired) electrons. The highest BCUT2D eigenvalue weighted by Crippen LogP contribution is 2.36. The third kappa shape index (κ3) is 7.04. The number of aryl methyl sites for hydroxylation is 1. The van der Waals surface area contributed by atoms with Crippen LogP contribution in [0.3, 0.4) is 0 Å². The van der Waals surface area contributed by atoms with Crippen LogP contribution >= 0.6 is 0 Å². The third-order valence-corrected chi connectivity index (χ3v) is 12.2. The minimum Gasteiger partial charge on any atom is -0.481 e. The van der Waals surface area contributed by atoms with E-state index in [4.69, 9.17) is 13.7 Å². The zero-order chi connectivity index (χ0) is 30.9. The number of halogens is 3. The zero-order valence-corrected chi connectivity index (χ0v) is 25.9. The van der Waals surface area contributed by atoms with E-state index in [1.165, 1.54) is 6.07 Å². The summed E-state index contributed by atoms with van der Waals surface area (Å²) in [4.78, 5) is 17.2. The van der Waals surface area contributed by atoms with Crippen LogP contribution in [0.1, 0.15) is 33.3 Å². The molecule has 0 fully saturated rings. The largest absolute Gasteiger partial charge is 0.481 e. The topological polar surface area (TPSA) is 91.4 Å². The van der Waals surface area contributed by atoms with Gasteiger partial charge in [-0.1, -0.05) is 38.1 Å². The average molecular weight is 603 g/mol. The van der Waals surface area contributed by atoms with Crippen LogP contribution in [0.15, 0.2) is 53.2 Å². The van der Waals surface area contributed by atoms with E-state index in [1.807, 2.05) is 35.0 Å². The van der Waals surface area contributed by atoms with Crippen molar-refractivity contribution in [3.8, 4) is 28.6 Å². The molecule has 1 N–H and O–H groups in total. The van der Waals surface area contributed by atoms with E-state index in [0.29, 0.717) is 30.1 Å². The number of carbonyl (C=O) groups is 1. The molecule has 0 saturated heterocycles. The van der Waals surface area contributed by atoms with Crippen molar-refractivity contribution in [3.63, 3.8) is 0 Å². The number of hydrogen-bond donors (Lipinski definition) is 1. The molecule has 4 rings (SSSR count). The standard InChI is InChI=1S/C30H37F3N4O4Si/c1-19-17-21(11-12-25(19)40-20(2)30(31,32)33)28-35-27(36-41-28)23-9-8-10-24-22(23)13-15-37(24)18-26(38)34-14-16-39-42(6,7)29(3,4)5/h8-13,15,17,20H,14,16,18H2,1-7H3,(H,34,38)/t20-/m0/s1. The highest BCUT2D eigenvalue weighted by atomic mass is 28.4. The Hall–Kier alpha value is -3.64. The summed E-state index contributed by atoms with van der Waals surface area (Å²) in [5.41, 5.74) is 2.62. The maximum atomic E-state index is 12.9. The average Bonchev–Trinajstić information content (AvgIpc) is 3.54. The molecule has 2 aromatic heterocycles. The van der Waals surface area contributed by atoms with Gasteiger partial charge < -0.3 is 23.6 Å². The van der Waals surface area contributed by atoms with Crippen molar-refractivity contribution in [3.05, 3.63) is 54.2 Å². The van der Waals surface area contributed by atoms with Crippen LogP contribution in [-0.2, 0) is 15.8 Å². The fourth-order valence-electron chi connectivity index (χ4n) is 4.10. The first-order valence-corrected chi connectivity index (χ1v) is 16.6. The predicted octanol–water partition coefficient (Wildman–Crippen LogP) is 7.13.